The van der Waals surface area contributed by atoms with E-state index < -0.39 is 5.91 Å². The van der Waals surface area contributed by atoms with E-state index in [1.54, 1.807) is 17.6 Å². The molecule has 22 heavy (non-hydrogen) atoms. The number of amides is 2. The molecule has 2 amide bonds. The van der Waals surface area contributed by atoms with Crippen LogP contribution in [-0.4, -0.2) is 28.6 Å². The van der Waals surface area contributed by atoms with Gasteiger partial charge in [0.05, 0.1) is 6.61 Å². The third kappa shape index (κ3) is 4.57. The molecular formula is C15H19N3O4. The van der Waals surface area contributed by atoms with E-state index in [-0.39, 0.29) is 12.3 Å². The quantitative estimate of drug-likeness (QED) is 0.340. The molecule has 0 aliphatic carbocycles. The number of hydrogen-bond donors (Lipinski definition) is 4. The number of rotatable bonds is 8. The monoisotopic (exact) mass is 305 g/mol. The Hall–Kier alpha value is -2.38. The van der Waals surface area contributed by atoms with Gasteiger partial charge >= 0.3 is 0 Å². The molecule has 7 heteroatoms. The zero-order chi connectivity index (χ0) is 15.8. The van der Waals surface area contributed by atoms with E-state index in [1.165, 1.54) is 0 Å². The second-order valence-corrected chi connectivity index (χ2v) is 4.90. The maximum atomic E-state index is 11.9. The number of carbonyl (C=O) groups is 2. The SMILES string of the molecule is O=C(CCCCCONC(=O)c1ccc2[nH]ccc2c1)NO. The summed E-state index contributed by atoms with van der Waals surface area (Å²) in [4.78, 5) is 30.9. The predicted octanol–water partition coefficient (Wildman–Crippen LogP) is 1.90. The summed E-state index contributed by atoms with van der Waals surface area (Å²) in [7, 11) is 0. The zero-order valence-corrected chi connectivity index (χ0v) is 12.1. The van der Waals surface area contributed by atoms with Crippen LogP contribution in [0, 0.1) is 0 Å². The van der Waals surface area contributed by atoms with Crippen molar-refractivity contribution >= 4 is 22.7 Å². The fraction of sp³-hybridized carbons (Fsp3) is 0.333. The maximum absolute atomic E-state index is 11.9. The van der Waals surface area contributed by atoms with Gasteiger partial charge in [0.25, 0.3) is 5.91 Å². The number of hydroxylamine groups is 2. The minimum Gasteiger partial charge on any atom is -0.361 e. The Labute approximate surface area is 127 Å². The van der Waals surface area contributed by atoms with Gasteiger partial charge in [-0.25, -0.2) is 11.0 Å². The van der Waals surface area contributed by atoms with Crippen LogP contribution in [0.5, 0.6) is 0 Å². The topological polar surface area (TPSA) is 103 Å². The third-order valence-corrected chi connectivity index (χ3v) is 3.26. The van der Waals surface area contributed by atoms with Gasteiger partial charge in [0.15, 0.2) is 0 Å². The van der Waals surface area contributed by atoms with Crippen molar-refractivity contribution in [1.29, 1.82) is 0 Å². The number of aromatic nitrogens is 1. The normalized spacial score (nSPS) is 10.6. The Balaban J connectivity index is 1.64. The van der Waals surface area contributed by atoms with E-state index in [1.807, 2.05) is 18.3 Å². The van der Waals surface area contributed by atoms with E-state index in [2.05, 4.69) is 10.5 Å². The second-order valence-electron chi connectivity index (χ2n) is 4.90. The first-order chi connectivity index (χ1) is 10.7. The average Bonchev–Trinajstić information content (AvgIpc) is 3.00. The van der Waals surface area contributed by atoms with Crippen LogP contribution in [0.15, 0.2) is 30.5 Å². The van der Waals surface area contributed by atoms with E-state index in [0.717, 1.165) is 23.7 Å². The molecule has 0 aliphatic rings. The van der Waals surface area contributed by atoms with Crippen LogP contribution in [0.4, 0.5) is 0 Å². The fourth-order valence-electron chi connectivity index (χ4n) is 2.06. The van der Waals surface area contributed by atoms with E-state index >= 15 is 0 Å². The molecule has 0 saturated carbocycles. The number of H-pyrrole nitrogens is 1. The molecule has 0 unspecified atom stereocenters. The van der Waals surface area contributed by atoms with Crippen LogP contribution in [0.2, 0.25) is 0 Å². The molecule has 0 aliphatic heterocycles. The lowest BCUT2D eigenvalue weighted by molar-refractivity contribution is -0.129. The highest BCUT2D eigenvalue weighted by Gasteiger charge is 2.06. The summed E-state index contributed by atoms with van der Waals surface area (Å²) in [5, 5.41) is 9.29. The van der Waals surface area contributed by atoms with Gasteiger partial charge in [-0.1, -0.05) is 6.42 Å². The average molecular weight is 305 g/mol. The molecule has 0 fully saturated rings. The van der Waals surface area contributed by atoms with Gasteiger partial charge < -0.3 is 4.98 Å². The van der Waals surface area contributed by atoms with Crippen molar-refractivity contribution in [3.05, 3.63) is 36.0 Å². The summed E-state index contributed by atoms with van der Waals surface area (Å²) in [6.45, 7) is 0.374. The molecule has 0 atom stereocenters. The van der Waals surface area contributed by atoms with Crippen LogP contribution in [0.25, 0.3) is 10.9 Å². The number of unbranched alkanes of at least 4 members (excludes halogenated alkanes) is 2. The number of aromatic amines is 1. The Kier molecular flexibility index (Phi) is 5.93. The van der Waals surface area contributed by atoms with Crippen LogP contribution in [0.3, 0.4) is 0 Å². The maximum Gasteiger partial charge on any atom is 0.274 e. The molecule has 2 aromatic rings. The highest BCUT2D eigenvalue weighted by atomic mass is 16.6. The number of benzene rings is 1. The summed E-state index contributed by atoms with van der Waals surface area (Å²) >= 11 is 0. The molecule has 1 heterocycles. The van der Waals surface area contributed by atoms with Gasteiger partial charge in [0, 0.05) is 29.1 Å². The third-order valence-electron chi connectivity index (χ3n) is 3.26. The number of nitrogens with one attached hydrogen (secondary N) is 3. The molecule has 0 spiro atoms. The Morgan fingerprint density at radius 3 is 2.86 bits per heavy atom. The predicted molar refractivity (Wildman–Crippen MR) is 80.1 cm³/mol. The molecule has 1 aromatic heterocycles. The largest absolute Gasteiger partial charge is 0.361 e. The van der Waals surface area contributed by atoms with Crippen LogP contribution >= 0.6 is 0 Å². The molecule has 7 nitrogen and oxygen atoms in total. The first kappa shape index (κ1) is 16.0. The standard InChI is InChI=1S/C15H19N3O4/c19-14(17-21)4-2-1-3-9-22-18-15(20)12-5-6-13-11(10-12)7-8-16-13/h5-8,10,16,21H,1-4,9H2,(H,17,19)(H,18,20). The zero-order valence-electron chi connectivity index (χ0n) is 12.1. The van der Waals surface area contributed by atoms with Crippen LogP contribution < -0.4 is 11.0 Å². The Morgan fingerprint density at radius 1 is 1.18 bits per heavy atom. The van der Waals surface area contributed by atoms with Gasteiger partial charge in [-0.05, 0) is 37.1 Å². The van der Waals surface area contributed by atoms with Crippen LogP contribution in [0.1, 0.15) is 36.0 Å². The van der Waals surface area contributed by atoms with Crippen LogP contribution in [-0.2, 0) is 9.63 Å². The van der Waals surface area contributed by atoms with Gasteiger partial charge in [0.2, 0.25) is 5.91 Å². The molecule has 0 radical (unpaired) electrons. The van der Waals surface area contributed by atoms with Crippen molar-refractivity contribution < 1.29 is 19.6 Å². The Bertz CT molecular complexity index is 639. The van der Waals surface area contributed by atoms with Crippen molar-refractivity contribution in [2.24, 2.45) is 0 Å². The van der Waals surface area contributed by atoms with Gasteiger partial charge in [-0.2, -0.15) is 0 Å². The summed E-state index contributed by atoms with van der Waals surface area (Å²) < 4.78 is 0. The van der Waals surface area contributed by atoms with E-state index in [4.69, 9.17) is 10.0 Å². The van der Waals surface area contributed by atoms with Crippen molar-refractivity contribution in [2.75, 3.05) is 6.61 Å². The van der Waals surface area contributed by atoms with Crippen molar-refractivity contribution in [2.45, 2.75) is 25.7 Å². The van der Waals surface area contributed by atoms with Crippen molar-refractivity contribution in [3.8, 4) is 0 Å². The molecular weight excluding hydrogens is 286 g/mol. The second kappa shape index (κ2) is 8.16. The molecule has 0 bridgehead atoms. The Morgan fingerprint density at radius 2 is 2.05 bits per heavy atom. The molecule has 4 N–H and O–H groups in total. The first-order valence-electron chi connectivity index (χ1n) is 7.13. The highest BCUT2D eigenvalue weighted by molar-refractivity contribution is 5.97. The number of hydrogen-bond acceptors (Lipinski definition) is 4. The molecule has 118 valence electrons. The van der Waals surface area contributed by atoms with Gasteiger partial charge in [-0.3, -0.25) is 19.6 Å². The van der Waals surface area contributed by atoms with Gasteiger partial charge in [0.1, 0.15) is 0 Å². The number of carbonyl (C=O) groups excluding carboxylic acids is 2. The fourth-order valence-corrected chi connectivity index (χ4v) is 2.06. The molecule has 1 aromatic carbocycles. The number of fused-ring (bicyclic) bond motifs is 1. The minimum absolute atomic E-state index is 0.277. The molecule has 2 rings (SSSR count). The lowest BCUT2D eigenvalue weighted by Gasteiger charge is -2.06. The minimum atomic E-state index is -0.394. The lowest BCUT2D eigenvalue weighted by atomic mass is 10.1. The lowest BCUT2D eigenvalue weighted by Crippen LogP contribution is -2.24. The van der Waals surface area contributed by atoms with E-state index in [0.29, 0.717) is 18.6 Å². The summed E-state index contributed by atoms with van der Waals surface area (Å²) in [6, 6.07) is 7.26. The summed E-state index contributed by atoms with van der Waals surface area (Å²) in [5.41, 5.74) is 5.49. The van der Waals surface area contributed by atoms with E-state index in [9.17, 15) is 9.59 Å². The smallest absolute Gasteiger partial charge is 0.274 e. The van der Waals surface area contributed by atoms with Gasteiger partial charge in [-0.15, -0.1) is 0 Å². The molecule has 0 saturated heterocycles. The summed E-state index contributed by atoms with van der Waals surface area (Å²) in [6.07, 6.45) is 4.25. The summed E-state index contributed by atoms with van der Waals surface area (Å²) in [5.74, 6) is -0.683. The van der Waals surface area contributed by atoms with Crippen molar-refractivity contribution in [3.63, 3.8) is 0 Å². The van der Waals surface area contributed by atoms with Crippen molar-refractivity contribution in [1.82, 2.24) is 15.9 Å². The first-order valence-corrected chi connectivity index (χ1v) is 7.13. The highest BCUT2D eigenvalue weighted by Crippen LogP contribution is 2.14.